The summed E-state index contributed by atoms with van der Waals surface area (Å²) in [6.45, 7) is -0.156. The molecular weight excluding hydrogens is 303 g/mol. The molecule has 3 atom stereocenters. The van der Waals surface area contributed by atoms with Crippen molar-refractivity contribution in [3.63, 3.8) is 0 Å². The normalized spacial score (nSPS) is 25.0. The second-order valence-corrected chi connectivity index (χ2v) is 5.22. The molecule has 1 amide bonds. The SMILES string of the molecule is O=C(N[C@H]1C[C@@H](CO)[C@H](O)C1)c1ccc(OC(F)(F)F)cc1. The highest BCUT2D eigenvalue weighted by atomic mass is 19.4. The zero-order chi connectivity index (χ0) is 16.3. The van der Waals surface area contributed by atoms with Gasteiger partial charge >= 0.3 is 6.36 Å². The Morgan fingerprint density at radius 3 is 2.41 bits per heavy atom. The topological polar surface area (TPSA) is 78.8 Å². The summed E-state index contributed by atoms with van der Waals surface area (Å²) in [4.78, 5) is 12.0. The molecule has 1 aliphatic carbocycles. The first kappa shape index (κ1) is 16.6. The van der Waals surface area contributed by atoms with Gasteiger partial charge in [-0.25, -0.2) is 0 Å². The number of amides is 1. The average Bonchev–Trinajstić information content (AvgIpc) is 2.77. The van der Waals surface area contributed by atoms with Gasteiger partial charge in [0.15, 0.2) is 0 Å². The summed E-state index contributed by atoms with van der Waals surface area (Å²) in [7, 11) is 0. The van der Waals surface area contributed by atoms with Crippen LogP contribution in [-0.2, 0) is 0 Å². The lowest BCUT2D eigenvalue weighted by Gasteiger charge is -2.13. The van der Waals surface area contributed by atoms with Gasteiger partial charge in [-0.3, -0.25) is 4.79 Å². The maximum absolute atomic E-state index is 12.0. The van der Waals surface area contributed by atoms with E-state index in [9.17, 15) is 23.1 Å². The van der Waals surface area contributed by atoms with E-state index in [0.717, 1.165) is 12.1 Å². The first-order chi connectivity index (χ1) is 10.3. The first-order valence-corrected chi connectivity index (χ1v) is 6.74. The van der Waals surface area contributed by atoms with Crippen LogP contribution < -0.4 is 10.1 Å². The maximum atomic E-state index is 12.0. The highest BCUT2D eigenvalue weighted by molar-refractivity contribution is 5.94. The van der Waals surface area contributed by atoms with Crippen molar-refractivity contribution >= 4 is 5.91 Å². The highest BCUT2D eigenvalue weighted by Crippen LogP contribution is 2.26. The quantitative estimate of drug-likeness (QED) is 0.785. The lowest BCUT2D eigenvalue weighted by molar-refractivity contribution is -0.274. The first-order valence-electron chi connectivity index (χ1n) is 6.74. The molecule has 1 saturated carbocycles. The second-order valence-electron chi connectivity index (χ2n) is 5.22. The molecule has 1 fully saturated rings. The summed E-state index contributed by atoms with van der Waals surface area (Å²) in [5.41, 5.74) is 0.191. The van der Waals surface area contributed by atoms with Crippen molar-refractivity contribution in [1.82, 2.24) is 5.32 Å². The van der Waals surface area contributed by atoms with E-state index >= 15 is 0 Å². The van der Waals surface area contributed by atoms with Gasteiger partial charge < -0.3 is 20.3 Å². The van der Waals surface area contributed by atoms with Crippen LogP contribution in [0.4, 0.5) is 13.2 Å². The number of carbonyl (C=O) groups is 1. The van der Waals surface area contributed by atoms with Crippen molar-refractivity contribution in [2.24, 2.45) is 5.92 Å². The van der Waals surface area contributed by atoms with Crippen LogP contribution in [0.1, 0.15) is 23.2 Å². The predicted octanol–water partition coefficient (Wildman–Crippen LogP) is 1.45. The molecule has 1 aliphatic rings. The smallest absolute Gasteiger partial charge is 0.406 e. The maximum Gasteiger partial charge on any atom is 0.573 e. The molecule has 0 radical (unpaired) electrons. The Balaban J connectivity index is 1.93. The van der Waals surface area contributed by atoms with Crippen LogP contribution in [0.15, 0.2) is 24.3 Å². The molecule has 22 heavy (non-hydrogen) atoms. The summed E-state index contributed by atoms with van der Waals surface area (Å²) >= 11 is 0. The average molecular weight is 319 g/mol. The Labute approximate surface area is 124 Å². The van der Waals surface area contributed by atoms with E-state index in [0.29, 0.717) is 12.8 Å². The van der Waals surface area contributed by atoms with Crippen molar-refractivity contribution in [1.29, 1.82) is 0 Å². The lowest BCUT2D eigenvalue weighted by atomic mass is 10.1. The van der Waals surface area contributed by atoms with Gasteiger partial charge in [-0.1, -0.05) is 0 Å². The molecule has 1 aromatic carbocycles. The summed E-state index contributed by atoms with van der Waals surface area (Å²) in [6, 6.07) is 4.30. The third kappa shape index (κ3) is 4.35. The number of halogens is 3. The summed E-state index contributed by atoms with van der Waals surface area (Å²) in [5, 5.41) is 21.4. The van der Waals surface area contributed by atoms with Gasteiger partial charge in [0.1, 0.15) is 5.75 Å². The largest absolute Gasteiger partial charge is 0.573 e. The van der Waals surface area contributed by atoms with Crippen molar-refractivity contribution < 1.29 is 32.9 Å². The van der Waals surface area contributed by atoms with Crippen LogP contribution in [0.2, 0.25) is 0 Å². The molecule has 8 heteroatoms. The number of nitrogens with one attached hydrogen (secondary N) is 1. The molecule has 0 aliphatic heterocycles. The molecule has 1 aromatic rings. The van der Waals surface area contributed by atoms with Crippen molar-refractivity contribution in [3.8, 4) is 5.75 Å². The van der Waals surface area contributed by atoms with Gasteiger partial charge in [0.25, 0.3) is 5.91 Å². The monoisotopic (exact) mass is 319 g/mol. The van der Waals surface area contributed by atoms with E-state index < -0.39 is 24.1 Å². The summed E-state index contributed by atoms with van der Waals surface area (Å²) in [5.74, 6) is -1.12. The Kier molecular flexibility index (Phi) is 4.92. The number of hydrogen-bond donors (Lipinski definition) is 3. The van der Waals surface area contributed by atoms with E-state index in [1.54, 1.807) is 0 Å². The minimum atomic E-state index is -4.77. The molecule has 0 aromatic heterocycles. The molecule has 0 saturated heterocycles. The van der Waals surface area contributed by atoms with E-state index in [1.807, 2.05) is 0 Å². The third-order valence-electron chi connectivity index (χ3n) is 3.58. The molecule has 0 bridgehead atoms. The molecule has 2 rings (SSSR count). The number of hydrogen-bond acceptors (Lipinski definition) is 4. The van der Waals surface area contributed by atoms with Crippen LogP contribution in [0.25, 0.3) is 0 Å². The van der Waals surface area contributed by atoms with Gasteiger partial charge in [-0.05, 0) is 37.1 Å². The van der Waals surface area contributed by atoms with Crippen LogP contribution in [-0.4, -0.2) is 41.2 Å². The highest BCUT2D eigenvalue weighted by Gasteiger charge is 2.33. The van der Waals surface area contributed by atoms with Gasteiger partial charge in [0.2, 0.25) is 0 Å². The van der Waals surface area contributed by atoms with E-state index in [-0.39, 0.29) is 24.1 Å². The fraction of sp³-hybridized carbons (Fsp3) is 0.500. The van der Waals surface area contributed by atoms with Gasteiger partial charge in [-0.15, -0.1) is 13.2 Å². The van der Waals surface area contributed by atoms with E-state index in [1.165, 1.54) is 12.1 Å². The van der Waals surface area contributed by atoms with Crippen molar-refractivity contribution in [2.45, 2.75) is 31.3 Å². The Bertz CT molecular complexity index is 518. The number of alkyl halides is 3. The van der Waals surface area contributed by atoms with Gasteiger partial charge in [-0.2, -0.15) is 0 Å². The number of benzene rings is 1. The molecule has 3 N–H and O–H groups in total. The Morgan fingerprint density at radius 1 is 1.27 bits per heavy atom. The molecule has 5 nitrogen and oxygen atoms in total. The Morgan fingerprint density at radius 2 is 1.91 bits per heavy atom. The van der Waals surface area contributed by atoms with E-state index in [4.69, 9.17) is 5.11 Å². The van der Waals surface area contributed by atoms with Crippen LogP contribution in [0, 0.1) is 5.92 Å². The molecule has 0 heterocycles. The van der Waals surface area contributed by atoms with Crippen LogP contribution in [0.3, 0.4) is 0 Å². The summed E-state index contributed by atoms with van der Waals surface area (Å²) in [6.07, 6.45) is -4.65. The standard InChI is InChI=1S/C14H16F3NO4/c15-14(16,17)22-11-3-1-8(2-4-11)13(21)18-10-5-9(7-19)12(20)6-10/h1-4,9-10,12,19-20H,5-7H2,(H,18,21)/t9-,10-,12+/m0/s1. The Hall–Kier alpha value is -1.80. The number of rotatable bonds is 4. The van der Waals surface area contributed by atoms with E-state index in [2.05, 4.69) is 10.1 Å². The lowest BCUT2D eigenvalue weighted by Crippen LogP contribution is -2.33. The fourth-order valence-corrected chi connectivity index (χ4v) is 2.49. The molecule has 0 spiro atoms. The predicted molar refractivity (Wildman–Crippen MR) is 70.2 cm³/mol. The van der Waals surface area contributed by atoms with Crippen molar-refractivity contribution in [2.75, 3.05) is 6.61 Å². The number of aliphatic hydroxyl groups is 2. The van der Waals surface area contributed by atoms with Crippen LogP contribution in [0.5, 0.6) is 5.75 Å². The fourth-order valence-electron chi connectivity index (χ4n) is 2.49. The molecular formula is C14H16F3NO4. The third-order valence-corrected chi connectivity index (χ3v) is 3.58. The van der Waals surface area contributed by atoms with Crippen LogP contribution >= 0.6 is 0 Å². The number of aliphatic hydroxyl groups excluding tert-OH is 2. The zero-order valence-electron chi connectivity index (χ0n) is 11.5. The van der Waals surface area contributed by atoms with Crippen molar-refractivity contribution in [3.05, 3.63) is 29.8 Å². The molecule has 0 unspecified atom stereocenters. The minimum absolute atomic E-state index is 0.156. The summed E-state index contributed by atoms with van der Waals surface area (Å²) < 4.78 is 39.8. The molecule has 122 valence electrons. The zero-order valence-corrected chi connectivity index (χ0v) is 11.5. The second kappa shape index (κ2) is 6.53. The number of ether oxygens (including phenoxy) is 1. The van der Waals surface area contributed by atoms with Gasteiger partial charge in [0, 0.05) is 24.1 Å². The minimum Gasteiger partial charge on any atom is -0.406 e. The number of carbonyl (C=O) groups excluding carboxylic acids is 1. The van der Waals surface area contributed by atoms with Gasteiger partial charge in [0.05, 0.1) is 6.10 Å².